The molecule has 0 atom stereocenters. The summed E-state index contributed by atoms with van der Waals surface area (Å²) in [6.45, 7) is 0. The van der Waals surface area contributed by atoms with Crippen LogP contribution in [0.3, 0.4) is 0 Å². The predicted octanol–water partition coefficient (Wildman–Crippen LogP) is 3.96. The van der Waals surface area contributed by atoms with Crippen LogP contribution >= 0.6 is 23.2 Å². The first-order valence-electron chi connectivity index (χ1n) is 4.53. The van der Waals surface area contributed by atoms with E-state index in [4.69, 9.17) is 28.3 Å². The molecular weight excluding hydrogens is 247 g/mol. The van der Waals surface area contributed by atoms with Crippen molar-refractivity contribution in [1.82, 2.24) is 0 Å². The highest BCUT2D eigenvalue weighted by Gasteiger charge is 2.05. The van der Waals surface area contributed by atoms with Gasteiger partial charge in [-0.05, 0) is 16.8 Å². The number of alkyl halides is 2. The van der Waals surface area contributed by atoms with Crippen LogP contribution in [-0.4, -0.2) is 16.4 Å². The monoisotopic (exact) mass is 256 g/mol. The van der Waals surface area contributed by atoms with Gasteiger partial charge in [0.1, 0.15) is 0 Å². The average molecular weight is 257 g/mol. The van der Waals surface area contributed by atoms with Crippen LogP contribution in [-0.2, 0) is 0 Å². The molecule has 84 valence electrons. The molecule has 0 saturated carbocycles. The quantitative estimate of drug-likeness (QED) is 0.785. The molecule has 0 aliphatic rings. The van der Waals surface area contributed by atoms with E-state index in [9.17, 15) is 4.79 Å². The molecule has 0 unspecified atom stereocenters. The van der Waals surface area contributed by atoms with Gasteiger partial charge in [0.2, 0.25) is 0 Å². The summed E-state index contributed by atoms with van der Waals surface area (Å²) in [6.07, 6.45) is 0. The molecular formula is C12H10Cl2O2. The minimum atomic E-state index is -0.878. The SMILES string of the molecule is ClCCl.O=C(O)c1cccc2ccccc12. The Kier molecular flexibility index (Phi) is 5.09. The minimum Gasteiger partial charge on any atom is -0.478 e. The average Bonchev–Trinajstić information content (AvgIpc) is 2.29. The maximum Gasteiger partial charge on any atom is 0.336 e. The minimum absolute atomic E-state index is 0.194. The van der Waals surface area contributed by atoms with Crippen LogP contribution < -0.4 is 0 Å². The first-order chi connectivity index (χ1) is 7.70. The van der Waals surface area contributed by atoms with Gasteiger partial charge in [0.25, 0.3) is 0 Å². The normalized spacial score (nSPS) is 9.38. The molecule has 2 rings (SSSR count). The highest BCUT2D eigenvalue weighted by atomic mass is 35.5. The highest BCUT2D eigenvalue weighted by Crippen LogP contribution is 2.17. The predicted molar refractivity (Wildman–Crippen MR) is 67.5 cm³/mol. The summed E-state index contributed by atoms with van der Waals surface area (Å²) in [5.74, 6) is -0.878. The summed E-state index contributed by atoms with van der Waals surface area (Å²) in [4.78, 5) is 10.8. The van der Waals surface area contributed by atoms with Gasteiger partial charge in [-0.1, -0.05) is 36.4 Å². The number of benzene rings is 2. The van der Waals surface area contributed by atoms with Gasteiger partial charge < -0.3 is 5.11 Å². The number of aromatic carboxylic acids is 1. The zero-order chi connectivity index (χ0) is 12.0. The number of carboxylic acids is 1. The standard InChI is InChI=1S/C11H8O2.CH2Cl2/c12-11(13)10-7-3-5-8-4-1-2-6-9(8)10;2-1-3/h1-7H,(H,12,13);1H2. The molecule has 2 aromatic rings. The second kappa shape index (κ2) is 6.36. The van der Waals surface area contributed by atoms with Crippen LogP contribution in [0.5, 0.6) is 0 Å². The van der Waals surface area contributed by atoms with Crippen molar-refractivity contribution in [2.75, 3.05) is 5.34 Å². The van der Waals surface area contributed by atoms with Crippen molar-refractivity contribution in [3.63, 3.8) is 0 Å². The summed E-state index contributed by atoms with van der Waals surface area (Å²) in [5.41, 5.74) is 0.359. The lowest BCUT2D eigenvalue weighted by atomic mass is 10.1. The van der Waals surface area contributed by atoms with Crippen molar-refractivity contribution >= 4 is 39.9 Å². The van der Waals surface area contributed by atoms with Crippen LogP contribution in [0.15, 0.2) is 42.5 Å². The lowest BCUT2D eigenvalue weighted by Crippen LogP contribution is -1.96. The molecule has 0 radical (unpaired) electrons. The van der Waals surface area contributed by atoms with Crippen LogP contribution in [0, 0.1) is 0 Å². The summed E-state index contributed by atoms with van der Waals surface area (Å²) in [5, 5.41) is 10.8. The van der Waals surface area contributed by atoms with Crippen molar-refractivity contribution in [2.45, 2.75) is 0 Å². The third kappa shape index (κ3) is 3.12. The van der Waals surface area contributed by atoms with Gasteiger partial charge in [0.05, 0.1) is 10.9 Å². The molecule has 0 amide bonds. The molecule has 2 nitrogen and oxygen atoms in total. The topological polar surface area (TPSA) is 37.3 Å². The van der Waals surface area contributed by atoms with Gasteiger partial charge in [0, 0.05) is 0 Å². The molecule has 1 N–H and O–H groups in total. The smallest absolute Gasteiger partial charge is 0.336 e. The van der Waals surface area contributed by atoms with E-state index in [0.717, 1.165) is 10.8 Å². The molecule has 0 saturated heterocycles. The fraction of sp³-hybridized carbons (Fsp3) is 0.0833. The first-order valence-corrected chi connectivity index (χ1v) is 5.60. The molecule has 0 heterocycles. The van der Waals surface area contributed by atoms with Crippen LogP contribution in [0.4, 0.5) is 0 Å². The van der Waals surface area contributed by atoms with E-state index >= 15 is 0 Å². The molecule has 0 bridgehead atoms. The molecule has 0 aromatic heterocycles. The van der Waals surface area contributed by atoms with E-state index in [1.165, 1.54) is 0 Å². The summed E-state index contributed by atoms with van der Waals surface area (Å²) < 4.78 is 0. The van der Waals surface area contributed by atoms with E-state index in [1.807, 2.05) is 30.3 Å². The van der Waals surface area contributed by atoms with Gasteiger partial charge in [-0.15, -0.1) is 23.2 Å². The summed E-state index contributed by atoms with van der Waals surface area (Å²) >= 11 is 9.53. The van der Waals surface area contributed by atoms with E-state index in [1.54, 1.807) is 12.1 Å². The summed E-state index contributed by atoms with van der Waals surface area (Å²) in [6, 6.07) is 12.7. The maximum atomic E-state index is 10.8. The number of hydrogen-bond acceptors (Lipinski definition) is 1. The fourth-order valence-electron chi connectivity index (χ4n) is 1.41. The number of carboxylic acid groups (broad SMARTS) is 1. The molecule has 2 aromatic carbocycles. The number of fused-ring (bicyclic) bond motifs is 1. The molecule has 0 spiro atoms. The van der Waals surface area contributed by atoms with Crippen LogP contribution in [0.2, 0.25) is 0 Å². The number of carbonyl (C=O) groups is 1. The van der Waals surface area contributed by atoms with Gasteiger partial charge in [-0.3, -0.25) is 0 Å². The largest absolute Gasteiger partial charge is 0.478 e. The third-order valence-electron chi connectivity index (χ3n) is 2.02. The molecule has 16 heavy (non-hydrogen) atoms. The Morgan fingerprint density at radius 3 is 2.25 bits per heavy atom. The Labute approximate surface area is 103 Å². The van der Waals surface area contributed by atoms with Crippen molar-refractivity contribution in [3.05, 3.63) is 48.0 Å². The fourth-order valence-corrected chi connectivity index (χ4v) is 1.41. The second-order valence-electron chi connectivity index (χ2n) is 2.93. The van der Waals surface area contributed by atoms with Crippen LogP contribution in [0.1, 0.15) is 10.4 Å². The van der Waals surface area contributed by atoms with Crippen molar-refractivity contribution in [2.24, 2.45) is 0 Å². The Balaban J connectivity index is 0.000000386. The number of halogens is 2. The highest BCUT2D eigenvalue weighted by molar-refractivity contribution is 6.40. The Morgan fingerprint density at radius 2 is 1.62 bits per heavy atom. The van der Waals surface area contributed by atoms with E-state index in [0.29, 0.717) is 5.56 Å². The molecule has 0 fully saturated rings. The van der Waals surface area contributed by atoms with Crippen molar-refractivity contribution in [3.8, 4) is 0 Å². The lowest BCUT2D eigenvalue weighted by Gasteiger charge is -2.00. The Morgan fingerprint density at radius 1 is 1.06 bits per heavy atom. The summed E-state index contributed by atoms with van der Waals surface area (Å²) in [7, 11) is 0. The van der Waals surface area contributed by atoms with E-state index < -0.39 is 5.97 Å². The first kappa shape index (κ1) is 12.8. The second-order valence-corrected chi connectivity index (χ2v) is 3.74. The Hall–Kier alpha value is -1.25. The van der Waals surface area contributed by atoms with Gasteiger partial charge >= 0.3 is 5.97 Å². The number of rotatable bonds is 1. The van der Waals surface area contributed by atoms with E-state index in [2.05, 4.69) is 0 Å². The van der Waals surface area contributed by atoms with Crippen molar-refractivity contribution in [1.29, 1.82) is 0 Å². The van der Waals surface area contributed by atoms with Crippen LogP contribution in [0.25, 0.3) is 10.8 Å². The zero-order valence-electron chi connectivity index (χ0n) is 8.36. The number of hydrogen-bond donors (Lipinski definition) is 1. The van der Waals surface area contributed by atoms with E-state index in [-0.39, 0.29) is 5.34 Å². The Bertz CT molecular complexity index is 478. The third-order valence-corrected chi connectivity index (χ3v) is 2.02. The van der Waals surface area contributed by atoms with Gasteiger partial charge in [0.15, 0.2) is 0 Å². The zero-order valence-corrected chi connectivity index (χ0v) is 9.87. The molecule has 4 heteroatoms. The molecule has 0 aliphatic carbocycles. The van der Waals surface area contributed by atoms with Gasteiger partial charge in [-0.2, -0.15) is 0 Å². The lowest BCUT2D eigenvalue weighted by molar-refractivity contribution is 0.0699. The van der Waals surface area contributed by atoms with Gasteiger partial charge in [-0.25, -0.2) is 4.79 Å². The molecule has 0 aliphatic heterocycles. The van der Waals surface area contributed by atoms with Crippen molar-refractivity contribution < 1.29 is 9.90 Å². The maximum absolute atomic E-state index is 10.8.